The lowest BCUT2D eigenvalue weighted by Crippen LogP contribution is -2.33. The Morgan fingerprint density at radius 1 is 1.37 bits per heavy atom. The number of nitrogens with one attached hydrogen (secondary N) is 1. The van der Waals surface area contributed by atoms with Crippen LogP contribution in [-0.2, 0) is 17.7 Å². The second-order valence-electron chi connectivity index (χ2n) is 5.85. The Morgan fingerprint density at radius 2 is 2.32 bits per heavy atom. The summed E-state index contributed by atoms with van der Waals surface area (Å²) in [4.78, 5) is 2.39. The van der Waals surface area contributed by atoms with Gasteiger partial charge in [0.1, 0.15) is 0 Å². The summed E-state index contributed by atoms with van der Waals surface area (Å²) < 4.78 is 5.81. The van der Waals surface area contributed by atoms with Crippen molar-refractivity contribution in [2.45, 2.75) is 38.3 Å². The molecule has 0 aliphatic carbocycles. The molecule has 0 bridgehead atoms. The van der Waals surface area contributed by atoms with Gasteiger partial charge in [0, 0.05) is 31.9 Å². The molecule has 1 N–H and O–H groups in total. The molecule has 1 aromatic rings. The van der Waals surface area contributed by atoms with Crippen molar-refractivity contribution < 1.29 is 4.74 Å². The van der Waals surface area contributed by atoms with Gasteiger partial charge in [-0.2, -0.15) is 0 Å². The molecule has 2 aliphatic heterocycles. The monoisotopic (exact) mass is 260 g/mol. The second-order valence-corrected chi connectivity index (χ2v) is 5.85. The zero-order valence-electron chi connectivity index (χ0n) is 11.8. The Bertz CT molecular complexity index is 427. The first kappa shape index (κ1) is 12.9. The van der Waals surface area contributed by atoms with E-state index in [1.807, 2.05) is 0 Å². The van der Waals surface area contributed by atoms with Crippen molar-refractivity contribution in [2.24, 2.45) is 0 Å². The van der Waals surface area contributed by atoms with Gasteiger partial charge in [0.25, 0.3) is 0 Å². The van der Waals surface area contributed by atoms with Crippen LogP contribution in [0.2, 0.25) is 0 Å². The highest BCUT2D eigenvalue weighted by molar-refractivity contribution is 5.56. The number of hydrogen-bond donors (Lipinski definition) is 1. The smallest absolute Gasteiger partial charge is 0.0702 e. The molecule has 19 heavy (non-hydrogen) atoms. The average Bonchev–Trinajstić information content (AvgIpc) is 2.87. The molecule has 2 heterocycles. The summed E-state index contributed by atoms with van der Waals surface area (Å²) in [6, 6.07) is 6.82. The first-order valence-corrected chi connectivity index (χ1v) is 7.47. The van der Waals surface area contributed by atoms with Crippen LogP contribution in [0.4, 0.5) is 5.69 Å². The van der Waals surface area contributed by atoms with Crippen molar-refractivity contribution in [1.82, 2.24) is 4.90 Å². The van der Waals surface area contributed by atoms with Crippen LogP contribution in [-0.4, -0.2) is 37.7 Å². The molecule has 0 saturated carbocycles. The van der Waals surface area contributed by atoms with E-state index in [0.29, 0.717) is 6.10 Å². The molecule has 1 fully saturated rings. The lowest BCUT2D eigenvalue weighted by atomic mass is 10.1. The molecule has 1 unspecified atom stereocenters. The molecule has 3 rings (SSSR count). The average molecular weight is 260 g/mol. The Hall–Kier alpha value is -1.06. The van der Waals surface area contributed by atoms with E-state index in [9.17, 15) is 0 Å². The standard InChI is InChI=1S/C16H24N2O/c1-18(12-15-4-2-3-9-19-15)11-13-5-6-16-14(10-13)7-8-17-16/h5-6,10,15,17H,2-4,7-9,11-12H2,1H3. The van der Waals surface area contributed by atoms with Crippen molar-refractivity contribution in [3.8, 4) is 0 Å². The molecular weight excluding hydrogens is 236 g/mol. The largest absolute Gasteiger partial charge is 0.384 e. The predicted octanol–water partition coefficient (Wildman–Crippen LogP) is 2.66. The number of nitrogens with zero attached hydrogens (tertiary/aromatic N) is 1. The lowest BCUT2D eigenvalue weighted by Gasteiger charge is -2.27. The molecule has 0 spiro atoms. The Balaban J connectivity index is 1.55. The van der Waals surface area contributed by atoms with Crippen LogP contribution >= 0.6 is 0 Å². The van der Waals surface area contributed by atoms with E-state index in [4.69, 9.17) is 4.74 Å². The molecule has 3 heteroatoms. The van der Waals surface area contributed by atoms with Gasteiger partial charge in [0.05, 0.1) is 6.10 Å². The van der Waals surface area contributed by atoms with Crippen molar-refractivity contribution in [1.29, 1.82) is 0 Å². The fraction of sp³-hybridized carbons (Fsp3) is 0.625. The van der Waals surface area contributed by atoms with Gasteiger partial charge < -0.3 is 10.1 Å². The number of anilines is 1. The molecule has 1 atom stereocenters. The fourth-order valence-corrected chi connectivity index (χ4v) is 3.13. The van der Waals surface area contributed by atoms with Crippen LogP contribution in [0.3, 0.4) is 0 Å². The van der Waals surface area contributed by atoms with Gasteiger partial charge in [-0.05, 0) is 49.9 Å². The topological polar surface area (TPSA) is 24.5 Å². The number of hydrogen-bond acceptors (Lipinski definition) is 3. The molecule has 1 saturated heterocycles. The van der Waals surface area contributed by atoms with Crippen molar-refractivity contribution >= 4 is 5.69 Å². The van der Waals surface area contributed by atoms with Gasteiger partial charge in [-0.3, -0.25) is 4.90 Å². The molecule has 1 aromatic carbocycles. The van der Waals surface area contributed by atoms with Crippen molar-refractivity contribution in [3.63, 3.8) is 0 Å². The number of benzene rings is 1. The number of likely N-dealkylation sites (N-methyl/N-ethyl adjacent to an activating group) is 1. The van der Waals surface area contributed by atoms with E-state index >= 15 is 0 Å². The van der Waals surface area contributed by atoms with E-state index in [1.165, 1.54) is 42.5 Å². The van der Waals surface area contributed by atoms with Gasteiger partial charge in [0.15, 0.2) is 0 Å². The Kier molecular flexibility index (Phi) is 4.04. The summed E-state index contributed by atoms with van der Waals surface area (Å²) in [6.45, 7) is 4.11. The molecule has 0 amide bonds. The molecule has 3 nitrogen and oxygen atoms in total. The van der Waals surface area contributed by atoms with Crippen LogP contribution in [0.15, 0.2) is 18.2 Å². The third kappa shape index (κ3) is 3.28. The Labute approximate surface area is 115 Å². The van der Waals surface area contributed by atoms with Crippen LogP contribution in [0, 0.1) is 0 Å². The van der Waals surface area contributed by atoms with Gasteiger partial charge >= 0.3 is 0 Å². The zero-order valence-corrected chi connectivity index (χ0v) is 11.8. The molecule has 0 aromatic heterocycles. The highest BCUT2D eigenvalue weighted by Gasteiger charge is 2.16. The van der Waals surface area contributed by atoms with Gasteiger partial charge in [0.2, 0.25) is 0 Å². The first-order valence-electron chi connectivity index (χ1n) is 7.47. The number of ether oxygens (including phenoxy) is 1. The van der Waals surface area contributed by atoms with Gasteiger partial charge in [-0.25, -0.2) is 0 Å². The minimum Gasteiger partial charge on any atom is -0.384 e. The van der Waals surface area contributed by atoms with E-state index in [-0.39, 0.29) is 0 Å². The minimum atomic E-state index is 0.440. The van der Waals surface area contributed by atoms with E-state index < -0.39 is 0 Å². The normalized spacial score (nSPS) is 22.3. The molecular formula is C16H24N2O. The number of fused-ring (bicyclic) bond motifs is 1. The minimum absolute atomic E-state index is 0.440. The lowest BCUT2D eigenvalue weighted by molar-refractivity contribution is -0.00259. The van der Waals surface area contributed by atoms with Crippen LogP contribution in [0.1, 0.15) is 30.4 Å². The highest BCUT2D eigenvalue weighted by Crippen LogP contribution is 2.23. The molecule has 2 aliphatic rings. The molecule has 0 radical (unpaired) electrons. The number of rotatable bonds is 4. The van der Waals surface area contributed by atoms with Crippen LogP contribution in [0.25, 0.3) is 0 Å². The summed E-state index contributed by atoms with van der Waals surface area (Å²) >= 11 is 0. The Morgan fingerprint density at radius 3 is 3.16 bits per heavy atom. The van der Waals surface area contributed by atoms with E-state index in [0.717, 1.165) is 26.2 Å². The first-order chi connectivity index (χ1) is 9.31. The highest BCUT2D eigenvalue weighted by atomic mass is 16.5. The summed E-state index contributed by atoms with van der Waals surface area (Å²) in [5, 5.41) is 3.41. The summed E-state index contributed by atoms with van der Waals surface area (Å²) in [5.41, 5.74) is 4.21. The second kappa shape index (κ2) is 5.93. The van der Waals surface area contributed by atoms with E-state index in [2.05, 4.69) is 35.5 Å². The van der Waals surface area contributed by atoms with Gasteiger partial charge in [-0.15, -0.1) is 0 Å². The van der Waals surface area contributed by atoms with Crippen molar-refractivity contribution in [2.75, 3.05) is 32.1 Å². The predicted molar refractivity (Wildman–Crippen MR) is 78.6 cm³/mol. The SMILES string of the molecule is CN(Cc1ccc2c(c1)CCN2)CC1CCCCO1. The van der Waals surface area contributed by atoms with Crippen LogP contribution < -0.4 is 5.32 Å². The zero-order chi connectivity index (χ0) is 13.1. The van der Waals surface area contributed by atoms with Crippen molar-refractivity contribution in [3.05, 3.63) is 29.3 Å². The summed E-state index contributed by atoms with van der Waals surface area (Å²) in [5.74, 6) is 0. The fourth-order valence-electron chi connectivity index (χ4n) is 3.13. The maximum Gasteiger partial charge on any atom is 0.0702 e. The maximum atomic E-state index is 5.81. The van der Waals surface area contributed by atoms with E-state index in [1.54, 1.807) is 0 Å². The third-order valence-electron chi connectivity index (χ3n) is 4.12. The maximum absolute atomic E-state index is 5.81. The summed E-state index contributed by atoms with van der Waals surface area (Å²) in [7, 11) is 2.20. The molecule has 104 valence electrons. The summed E-state index contributed by atoms with van der Waals surface area (Å²) in [6.07, 6.45) is 5.38. The van der Waals surface area contributed by atoms with Crippen LogP contribution in [0.5, 0.6) is 0 Å². The quantitative estimate of drug-likeness (QED) is 0.900. The van der Waals surface area contributed by atoms with Gasteiger partial charge in [-0.1, -0.05) is 12.1 Å². The third-order valence-corrected chi connectivity index (χ3v) is 4.12.